The van der Waals surface area contributed by atoms with E-state index in [1.54, 1.807) is 0 Å². The molecule has 0 radical (unpaired) electrons. The van der Waals surface area contributed by atoms with Crippen LogP contribution in [0.1, 0.15) is 167 Å². The van der Waals surface area contributed by atoms with Crippen LogP contribution in [-0.4, -0.2) is 43.1 Å². The molecular formula is C39H62F2O5. The van der Waals surface area contributed by atoms with Crippen molar-refractivity contribution in [3.63, 3.8) is 0 Å². The van der Waals surface area contributed by atoms with Crippen molar-refractivity contribution in [1.29, 1.82) is 0 Å². The van der Waals surface area contributed by atoms with Gasteiger partial charge in [0.2, 0.25) is 0 Å². The molecule has 7 heteroatoms. The van der Waals surface area contributed by atoms with Gasteiger partial charge in [-0.15, -0.1) is 0 Å². The van der Waals surface area contributed by atoms with Crippen LogP contribution < -0.4 is 4.74 Å². The van der Waals surface area contributed by atoms with Crippen LogP contribution in [0.2, 0.25) is 0 Å². The monoisotopic (exact) mass is 648 g/mol. The molecule has 2 aliphatic rings. The Labute approximate surface area is 277 Å². The molecule has 1 aromatic carbocycles. The summed E-state index contributed by atoms with van der Waals surface area (Å²) < 4.78 is 45.7. The number of esters is 2. The zero-order chi connectivity index (χ0) is 33.0. The SMILES string of the molecule is CCCCCCCC[C@@H](F)C(=O)O[C@H]1CC[C@H](COc2ccc([C@H]3CC[C@H](OC(=O)[C@H](F)CCCCCCCC)CC3)cc2)CC1. The fourth-order valence-electron chi connectivity index (χ4n) is 6.90. The first-order valence-electron chi connectivity index (χ1n) is 18.8. The second-order valence-electron chi connectivity index (χ2n) is 13.9. The standard InChI is InChI=1S/C39H62F2O5/c1-3-5-7-9-11-13-15-36(40)38(42)45-34-23-17-30(18-24-34)29-44-33-25-19-31(20-26-33)32-21-27-35(28-22-32)46-39(43)37(41)16-14-12-10-8-6-4-2/h19-20,25-26,30,32,34-37H,3-18,21-24,27-29H2,1-2H3/t30-,32-,34-,35-,36-,37-/m1/s1. The summed E-state index contributed by atoms with van der Waals surface area (Å²) in [4.78, 5) is 24.4. The Kier molecular flexibility index (Phi) is 18.6. The summed E-state index contributed by atoms with van der Waals surface area (Å²) in [6.45, 7) is 4.97. The maximum atomic E-state index is 14.3. The number of carbonyl (C=O) groups is 2. The Balaban J connectivity index is 1.26. The van der Waals surface area contributed by atoms with E-state index in [0.29, 0.717) is 18.4 Å². The van der Waals surface area contributed by atoms with Crippen LogP contribution in [0.25, 0.3) is 0 Å². The Morgan fingerprint density at radius 1 is 0.630 bits per heavy atom. The first-order valence-corrected chi connectivity index (χ1v) is 18.8. The first kappa shape index (κ1) is 38.3. The van der Waals surface area contributed by atoms with Crippen molar-refractivity contribution in [3.8, 4) is 5.75 Å². The highest BCUT2D eigenvalue weighted by Gasteiger charge is 2.29. The van der Waals surface area contributed by atoms with Gasteiger partial charge in [-0.1, -0.05) is 90.2 Å². The third-order valence-electron chi connectivity index (χ3n) is 10.0. The van der Waals surface area contributed by atoms with Gasteiger partial charge in [-0.05, 0) is 107 Å². The minimum atomic E-state index is -1.50. The number of ether oxygens (including phenoxy) is 3. The summed E-state index contributed by atoms with van der Waals surface area (Å²) in [5.41, 5.74) is 1.26. The molecule has 0 spiro atoms. The molecule has 2 aliphatic carbocycles. The number of benzene rings is 1. The number of unbranched alkanes of at least 4 members (excludes halogenated alkanes) is 10. The molecule has 3 rings (SSSR count). The van der Waals surface area contributed by atoms with E-state index in [1.165, 1.54) is 44.1 Å². The van der Waals surface area contributed by atoms with Crippen molar-refractivity contribution in [1.82, 2.24) is 0 Å². The quantitative estimate of drug-likeness (QED) is 0.0925. The van der Waals surface area contributed by atoms with Crippen molar-refractivity contribution in [3.05, 3.63) is 29.8 Å². The highest BCUT2D eigenvalue weighted by atomic mass is 19.1. The van der Waals surface area contributed by atoms with Crippen molar-refractivity contribution < 1.29 is 32.6 Å². The molecule has 5 nitrogen and oxygen atoms in total. The zero-order valence-corrected chi connectivity index (χ0v) is 28.8. The minimum Gasteiger partial charge on any atom is -0.493 e. The molecule has 0 N–H and O–H groups in total. The molecule has 2 atom stereocenters. The van der Waals surface area contributed by atoms with Crippen molar-refractivity contribution >= 4 is 11.9 Å². The summed E-state index contributed by atoms with van der Waals surface area (Å²) in [5, 5.41) is 0. The number of hydrogen-bond donors (Lipinski definition) is 0. The summed E-state index contributed by atoms with van der Waals surface area (Å²) in [7, 11) is 0. The van der Waals surface area contributed by atoms with Gasteiger partial charge in [0.25, 0.3) is 0 Å². The van der Waals surface area contributed by atoms with Crippen LogP contribution in [0.3, 0.4) is 0 Å². The average Bonchev–Trinajstić information content (AvgIpc) is 3.08. The highest BCUT2D eigenvalue weighted by Crippen LogP contribution is 2.35. The lowest BCUT2D eigenvalue weighted by Gasteiger charge is -2.29. The van der Waals surface area contributed by atoms with E-state index in [1.807, 2.05) is 12.1 Å². The molecule has 46 heavy (non-hydrogen) atoms. The van der Waals surface area contributed by atoms with Gasteiger partial charge in [-0.25, -0.2) is 18.4 Å². The normalized spacial score (nSPS) is 23.0. The minimum absolute atomic E-state index is 0.184. The van der Waals surface area contributed by atoms with Gasteiger partial charge in [-0.2, -0.15) is 0 Å². The molecule has 0 amide bonds. The molecule has 0 unspecified atom stereocenters. The molecule has 262 valence electrons. The molecule has 2 fully saturated rings. The second-order valence-corrected chi connectivity index (χ2v) is 13.9. The predicted molar refractivity (Wildman–Crippen MR) is 181 cm³/mol. The van der Waals surface area contributed by atoms with Gasteiger partial charge >= 0.3 is 11.9 Å². The van der Waals surface area contributed by atoms with Crippen molar-refractivity contribution in [2.24, 2.45) is 5.92 Å². The number of hydrogen-bond acceptors (Lipinski definition) is 5. The van der Waals surface area contributed by atoms with Crippen LogP contribution >= 0.6 is 0 Å². The Morgan fingerprint density at radius 2 is 1.07 bits per heavy atom. The molecule has 2 saturated carbocycles. The van der Waals surface area contributed by atoms with E-state index >= 15 is 0 Å². The predicted octanol–water partition coefficient (Wildman–Crippen LogP) is 10.9. The first-order chi connectivity index (χ1) is 22.4. The van der Waals surface area contributed by atoms with Crippen LogP contribution in [0.15, 0.2) is 24.3 Å². The lowest BCUT2D eigenvalue weighted by molar-refractivity contribution is -0.158. The van der Waals surface area contributed by atoms with Crippen LogP contribution in [-0.2, 0) is 19.1 Å². The van der Waals surface area contributed by atoms with Gasteiger partial charge in [-0.3, -0.25) is 0 Å². The van der Waals surface area contributed by atoms with Gasteiger partial charge in [0.15, 0.2) is 12.3 Å². The molecule has 0 heterocycles. The molecule has 0 aliphatic heterocycles. The van der Waals surface area contributed by atoms with E-state index in [-0.39, 0.29) is 25.0 Å². The largest absolute Gasteiger partial charge is 0.493 e. The molecule has 0 aromatic heterocycles. The number of alkyl halides is 2. The van der Waals surface area contributed by atoms with Gasteiger partial charge in [0, 0.05) is 0 Å². The Bertz CT molecular complexity index is 954. The number of halogens is 2. The van der Waals surface area contributed by atoms with Crippen LogP contribution in [0.4, 0.5) is 8.78 Å². The topological polar surface area (TPSA) is 61.8 Å². The van der Waals surface area contributed by atoms with Gasteiger partial charge < -0.3 is 14.2 Å². The smallest absolute Gasteiger partial charge is 0.340 e. The fourth-order valence-corrected chi connectivity index (χ4v) is 6.90. The maximum absolute atomic E-state index is 14.3. The van der Waals surface area contributed by atoms with Gasteiger partial charge in [0.1, 0.15) is 18.0 Å². The number of carbonyl (C=O) groups excluding carboxylic acids is 2. The van der Waals surface area contributed by atoms with Crippen molar-refractivity contribution in [2.45, 2.75) is 186 Å². The van der Waals surface area contributed by atoms with Gasteiger partial charge in [0.05, 0.1) is 6.61 Å². The van der Waals surface area contributed by atoms with E-state index in [4.69, 9.17) is 14.2 Å². The Morgan fingerprint density at radius 3 is 1.54 bits per heavy atom. The van der Waals surface area contributed by atoms with E-state index in [2.05, 4.69) is 26.0 Å². The third-order valence-corrected chi connectivity index (χ3v) is 10.0. The van der Waals surface area contributed by atoms with E-state index in [9.17, 15) is 18.4 Å². The number of rotatable bonds is 22. The lowest BCUT2D eigenvalue weighted by Crippen LogP contribution is -2.30. The molecular weight excluding hydrogens is 586 g/mol. The Hall–Kier alpha value is -2.18. The summed E-state index contributed by atoms with van der Waals surface area (Å²) in [6.07, 6.45) is 16.7. The molecule has 0 bridgehead atoms. The zero-order valence-electron chi connectivity index (χ0n) is 28.8. The fraction of sp³-hybridized carbons (Fsp3) is 0.795. The third kappa shape index (κ3) is 14.7. The van der Waals surface area contributed by atoms with E-state index in [0.717, 1.165) is 95.6 Å². The lowest BCUT2D eigenvalue weighted by atomic mass is 9.82. The highest BCUT2D eigenvalue weighted by molar-refractivity contribution is 5.75. The van der Waals surface area contributed by atoms with Crippen molar-refractivity contribution in [2.75, 3.05) is 6.61 Å². The average molecular weight is 649 g/mol. The maximum Gasteiger partial charge on any atom is 0.340 e. The van der Waals surface area contributed by atoms with Crippen LogP contribution in [0.5, 0.6) is 5.75 Å². The van der Waals surface area contributed by atoms with E-state index < -0.39 is 24.3 Å². The molecule has 1 aromatic rings. The second kappa shape index (κ2) is 22.4. The van der Waals surface area contributed by atoms with Crippen LogP contribution in [0, 0.1) is 5.92 Å². The summed E-state index contributed by atoms with van der Waals surface area (Å²) >= 11 is 0. The molecule has 0 saturated heterocycles. The summed E-state index contributed by atoms with van der Waals surface area (Å²) in [5.74, 6) is 0.275. The summed E-state index contributed by atoms with van der Waals surface area (Å²) in [6, 6.07) is 8.30.